The number of amides is 2. The molecule has 2 rings (SSSR count). The van der Waals surface area contributed by atoms with Crippen LogP contribution in [0.15, 0.2) is 48.5 Å². The molecule has 0 aromatic heterocycles. The van der Waals surface area contributed by atoms with Crippen LogP contribution in [0.1, 0.15) is 25.0 Å². The Morgan fingerprint density at radius 2 is 1.70 bits per heavy atom. The van der Waals surface area contributed by atoms with Crippen molar-refractivity contribution >= 4 is 23.2 Å². The van der Waals surface area contributed by atoms with Gasteiger partial charge in [-0.25, -0.2) is 0 Å². The molecule has 2 atom stereocenters. The van der Waals surface area contributed by atoms with Gasteiger partial charge in [-0.3, -0.25) is 9.59 Å². The Kier molecular flexibility index (Phi) is 7.09. The molecule has 2 aromatic rings. The summed E-state index contributed by atoms with van der Waals surface area (Å²) < 4.78 is 0. The summed E-state index contributed by atoms with van der Waals surface area (Å²) in [6.07, 6.45) is 0.830. The molecule has 0 radical (unpaired) electrons. The van der Waals surface area contributed by atoms with E-state index in [1.807, 2.05) is 31.2 Å². The van der Waals surface area contributed by atoms with Gasteiger partial charge in [-0.15, -0.1) is 0 Å². The van der Waals surface area contributed by atoms with Gasteiger partial charge < -0.3 is 15.5 Å². The third-order valence-corrected chi connectivity index (χ3v) is 4.55. The maximum Gasteiger partial charge on any atom is 0.282 e. The first-order valence-corrected chi connectivity index (χ1v) is 8.96. The van der Waals surface area contributed by atoms with Crippen molar-refractivity contribution < 1.29 is 14.5 Å². The highest BCUT2D eigenvalue weighted by molar-refractivity contribution is 5.95. The van der Waals surface area contributed by atoms with Gasteiger partial charge in [0.15, 0.2) is 12.6 Å². The van der Waals surface area contributed by atoms with E-state index >= 15 is 0 Å². The van der Waals surface area contributed by atoms with E-state index in [4.69, 9.17) is 5.26 Å². The molecule has 0 saturated carbocycles. The number of hydrogen-bond donors (Lipinski definition) is 3. The minimum Gasteiger partial charge on any atom is -0.321 e. The lowest BCUT2D eigenvalue weighted by Crippen LogP contribution is -3.14. The molecule has 0 aliphatic carbocycles. The number of nitrogens with zero attached hydrogens (tertiary/aromatic N) is 1. The lowest BCUT2D eigenvalue weighted by molar-refractivity contribution is -0.885. The van der Waals surface area contributed by atoms with Crippen LogP contribution in [-0.2, 0) is 16.0 Å². The normalized spacial score (nSPS) is 12.5. The molecule has 3 N–H and O–H groups in total. The van der Waals surface area contributed by atoms with E-state index in [2.05, 4.69) is 16.7 Å². The van der Waals surface area contributed by atoms with E-state index < -0.39 is 6.04 Å². The maximum atomic E-state index is 12.5. The molecule has 0 spiro atoms. The van der Waals surface area contributed by atoms with Gasteiger partial charge in [0.2, 0.25) is 0 Å². The number of para-hydroxylation sites is 2. The summed E-state index contributed by atoms with van der Waals surface area (Å²) in [4.78, 5) is 25.6. The van der Waals surface area contributed by atoms with Crippen LogP contribution in [0.25, 0.3) is 0 Å². The fraction of sp³-hybridized carbons (Fsp3) is 0.286. The topological polar surface area (TPSA) is 86.4 Å². The van der Waals surface area contributed by atoms with E-state index in [1.165, 1.54) is 0 Å². The smallest absolute Gasteiger partial charge is 0.282 e. The number of hydrogen-bond acceptors (Lipinski definition) is 3. The van der Waals surface area contributed by atoms with Gasteiger partial charge in [0, 0.05) is 5.69 Å². The van der Waals surface area contributed by atoms with Gasteiger partial charge >= 0.3 is 0 Å². The Balaban J connectivity index is 1.96. The van der Waals surface area contributed by atoms with E-state index in [0.717, 1.165) is 22.6 Å². The molecule has 27 heavy (non-hydrogen) atoms. The molecular formula is C21H25N4O2+. The number of carbonyl (C=O) groups excluding carboxylic acids is 2. The lowest BCUT2D eigenvalue weighted by atomic mass is 10.1. The number of nitriles is 1. The zero-order valence-corrected chi connectivity index (χ0v) is 15.9. The van der Waals surface area contributed by atoms with Crippen molar-refractivity contribution in [2.75, 3.05) is 24.2 Å². The average molecular weight is 365 g/mol. The average Bonchev–Trinajstić information content (AvgIpc) is 2.68. The Morgan fingerprint density at radius 3 is 2.37 bits per heavy atom. The first-order valence-electron chi connectivity index (χ1n) is 8.96. The number of carbonyl (C=O) groups is 2. The Labute approximate surface area is 159 Å². The second kappa shape index (κ2) is 9.51. The van der Waals surface area contributed by atoms with E-state index in [0.29, 0.717) is 11.3 Å². The number of rotatable bonds is 7. The van der Waals surface area contributed by atoms with Crippen LogP contribution < -0.4 is 15.5 Å². The third-order valence-electron chi connectivity index (χ3n) is 4.55. The van der Waals surface area contributed by atoms with Crippen molar-refractivity contribution in [3.05, 3.63) is 59.7 Å². The second-order valence-corrected chi connectivity index (χ2v) is 6.45. The quantitative estimate of drug-likeness (QED) is 0.697. The molecule has 140 valence electrons. The molecule has 6 nitrogen and oxygen atoms in total. The van der Waals surface area contributed by atoms with Crippen molar-refractivity contribution in [3.63, 3.8) is 0 Å². The number of nitrogens with one attached hydrogen (secondary N) is 3. The van der Waals surface area contributed by atoms with Gasteiger partial charge in [0.25, 0.3) is 11.8 Å². The molecule has 0 saturated heterocycles. The predicted molar refractivity (Wildman–Crippen MR) is 105 cm³/mol. The van der Waals surface area contributed by atoms with Crippen molar-refractivity contribution in [2.24, 2.45) is 0 Å². The fourth-order valence-electron chi connectivity index (χ4n) is 2.71. The second-order valence-electron chi connectivity index (χ2n) is 6.45. The van der Waals surface area contributed by atoms with Crippen molar-refractivity contribution in [1.29, 1.82) is 5.26 Å². The van der Waals surface area contributed by atoms with E-state index in [9.17, 15) is 9.59 Å². The molecule has 6 heteroatoms. The highest BCUT2D eigenvalue weighted by Crippen LogP contribution is 2.15. The summed E-state index contributed by atoms with van der Waals surface area (Å²) in [6, 6.07) is 16.1. The molecule has 0 aliphatic heterocycles. The summed E-state index contributed by atoms with van der Waals surface area (Å²) in [6.45, 7) is 3.95. The van der Waals surface area contributed by atoms with Gasteiger partial charge in [-0.2, -0.15) is 5.26 Å². The third kappa shape index (κ3) is 5.40. The van der Waals surface area contributed by atoms with Crippen LogP contribution in [0.4, 0.5) is 11.4 Å². The number of aryl methyl sites for hydroxylation is 1. The van der Waals surface area contributed by atoms with Crippen molar-refractivity contribution in [3.8, 4) is 6.07 Å². The van der Waals surface area contributed by atoms with E-state index in [1.54, 1.807) is 38.2 Å². The van der Waals surface area contributed by atoms with Crippen LogP contribution in [0, 0.1) is 11.3 Å². The standard InChI is InChI=1S/C21H24N4O2/c1-4-16-9-5-7-11-18(16)23-20(26)14-25(3)15(2)21(27)24-19-12-8-6-10-17(19)13-22/h5-12,15H,4,14H2,1-3H3,(H,23,26)(H,24,27)/p+1/t15-/m1/s1. The van der Waals surface area contributed by atoms with Crippen LogP contribution >= 0.6 is 0 Å². The number of likely N-dealkylation sites (N-methyl/N-ethyl adjacent to an activating group) is 1. The molecule has 0 bridgehead atoms. The Bertz CT molecular complexity index is 857. The first-order chi connectivity index (χ1) is 13.0. The highest BCUT2D eigenvalue weighted by Gasteiger charge is 2.24. The lowest BCUT2D eigenvalue weighted by Gasteiger charge is -2.21. The summed E-state index contributed by atoms with van der Waals surface area (Å²) in [7, 11) is 1.80. The highest BCUT2D eigenvalue weighted by atomic mass is 16.2. The number of benzene rings is 2. The summed E-state index contributed by atoms with van der Waals surface area (Å²) in [5.41, 5.74) is 2.76. The van der Waals surface area contributed by atoms with Crippen LogP contribution in [0.3, 0.4) is 0 Å². The summed E-state index contributed by atoms with van der Waals surface area (Å²) in [5, 5.41) is 14.8. The SMILES string of the molecule is CCc1ccccc1NC(=O)C[NH+](C)[C@H](C)C(=O)Nc1ccccc1C#N. The Morgan fingerprint density at radius 1 is 1.07 bits per heavy atom. The van der Waals surface area contributed by atoms with Crippen molar-refractivity contribution in [2.45, 2.75) is 26.3 Å². The summed E-state index contributed by atoms with van der Waals surface area (Å²) >= 11 is 0. The minimum absolute atomic E-state index is 0.148. The molecular weight excluding hydrogens is 340 g/mol. The van der Waals surface area contributed by atoms with Gasteiger partial charge in [-0.05, 0) is 37.1 Å². The van der Waals surface area contributed by atoms with Gasteiger partial charge in [0.1, 0.15) is 6.07 Å². The van der Waals surface area contributed by atoms with Crippen LogP contribution in [0.2, 0.25) is 0 Å². The Hall–Kier alpha value is -3.17. The summed E-state index contributed by atoms with van der Waals surface area (Å²) in [5.74, 6) is -0.387. The van der Waals surface area contributed by atoms with Crippen LogP contribution in [-0.4, -0.2) is 31.4 Å². The monoisotopic (exact) mass is 365 g/mol. The molecule has 2 amide bonds. The first kappa shape index (κ1) is 20.1. The molecule has 2 aromatic carbocycles. The number of quaternary nitrogens is 1. The molecule has 1 unspecified atom stereocenters. The largest absolute Gasteiger partial charge is 0.321 e. The molecule has 0 fully saturated rings. The predicted octanol–water partition coefficient (Wildman–Crippen LogP) is 1.60. The van der Waals surface area contributed by atoms with Gasteiger partial charge in [-0.1, -0.05) is 37.3 Å². The molecule has 0 aliphatic rings. The minimum atomic E-state index is -0.455. The zero-order chi connectivity index (χ0) is 19.8. The fourth-order valence-corrected chi connectivity index (χ4v) is 2.71. The molecule has 0 heterocycles. The zero-order valence-electron chi connectivity index (χ0n) is 15.9. The maximum absolute atomic E-state index is 12.5. The van der Waals surface area contributed by atoms with Crippen molar-refractivity contribution in [1.82, 2.24) is 0 Å². The van der Waals surface area contributed by atoms with Crippen LogP contribution in [0.5, 0.6) is 0 Å². The number of anilines is 2. The van der Waals surface area contributed by atoms with Gasteiger partial charge in [0.05, 0.1) is 18.3 Å². The van der Waals surface area contributed by atoms with E-state index in [-0.39, 0.29) is 18.4 Å².